The van der Waals surface area contributed by atoms with Gasteiger partial charge in [-0.05, 0) is 26.0 Å². The molecule has 2 rings (SSSR count). The van der Waals surface area contributed by atoms with Gasteiger partial charge in [0.1, 0.15) is 10.5 Å². The maximum Gasteiger partial charge on any atom is 0.266 e. The molecule has 1 N–H and O–H groups in total. The fraction of sp³-hybridized carbons (Fsp3) is 0.400. The number of nitrogens with zero attached hydrogens (tertiary/aromatic N) is 1. The third kappa shape index (κ3) is 5.17. The van der Waals surface area contributed by atoms with Crippen molar-refractivity contribution in [2.45, 2.75) is 26.8 Å². The molecule has 0 aliphatic carbocycles. The van der Waals surface area contributed by atoms with Gasteiger partial charge in [-0.15, -0.1) is 0 Å². The predicted octanol–water partition coefficient (Wildman–Crippen LogP) is 3.52. The molecule has 126 valence electrons. The smallest absolute Gasteiger partial charge is 0.266 e. The molecule has 0 saturated carbocycles. The Morgan fingerprint density at radius 3 is 2.87 bits per heavy atom. The van der Waals surface area contributed by atoms with E-state index in [0.717, 1.165) is 21.0 Å². The van der Waals surface area contributed by atoms with Crippen molar-refractivity contribution < 1.29 is 22.3 Å². The van der Waals surface area contributed by atoms with E-state index in [2.05, 4.69) is 0 Å². The Bertz CT molecular complexity index is 827. The van der Waals surface area contributed by atoms with Crippen LogP contribution in [0.2, 0.25) is 5.02 Å². The molecule has 5 nitrogen and oxygen atoms in total. The van der Waals surface area contributed by atoms with Gasteiger partial charge in [0.2, 0.25) is 5.52 Å². The summed E-state index contributed by atoms with van der Waals surface area (Å²) in [5.41, 5.74) is 0.938. The number of ether oxygens (including phenoxy) is 1. The van der Waals surface area contributed by atoms with Crippen molar-refractivity contribution in [3.63, 3.8) is 0 Å². The van der Waals surface area contributed by atoms with Gasteiger partial charge in [-0.25, -0.2) is 0 Å². The molecular formula is C15H19ClNO4S2+. The number of halogens is 1. The summed E-state index contributed by atoms with van der Waals surface area (Å²) in [5, 5.41) is 1.57. The lowest BCUT2D eigenvalue weighted by Crippen LogP contribution is -2.36. The predicted molar refractivity (Wildman–Crippen MR) is 93.3 cm³/mol. The molecule has 0 spiro atoms. The number of fused-ring (bicyclic) bond motifs is 1. The van der Waals surface area contributed by atoms with Crippen molar-refractivity contribution in [1.29, 1.82) is 0 Å². The van der Waals surface area contributed by atoms with Gasteiger partial charge in [0.25, 0.3) is 15.1 Å². The molecule has 1 aromatic carbocycles. The van der Waals surface area contributed by atoms with E-state index in [4.69, 9.17) is 20.9 Å². The monoisotopic (exact) mass is 376 g/mol. The van der Waals surface area contributed by atoms with Crippen molar-refractivity contribution in [3.8, 4) is 0 Å². The molecule has 1 heterocycles. The molecular weight excluding hydrogens is 358 g/mol. The van der Waals surface area contributed by atoms with Gasteiger partial charge in [-0.2, -0.15) is 13.0 Å². The van der Waals surface area contributed by atoms with Crippen LogP contribution < -0.4 is 4.57 Å². The van der Waals surface area contributed by atoms with Gasteiger partial charge in [-0.3, -0.25) is 4.55 Å². The molecule has 0 aliphatic rings. The first kappa shape index (κ1) is 18.2. The van der Waals surface area contributed by atoms with Crippen LogP contribution in [0.3, 0.4) is 0 Å². The normalized spacial score (nSPS) is 12.8. The summed E-state index contributed by atoms with van der Waals surface area (Å²) >= 11 is 7.66. The molecule has 2 aromatic rings. The van der Waals surface area contributed by atoms with Gasteiger partial charge in [0, 0.05) is 17.5 Å². The molecule has 0 radical (unpaired) electrons. The second-order valence-electron chi connectivity index (χ2n) is 5.03. The number of benzene rings is 1. The van der Waals surface area contributed by atoms with Crippen LogP contribution in [0.25, 0.3) is 16.3 Å². The lowest BCUT2D eigenvalue weighted by molar-refractivity contribution is -0.668. The highest BCUT2D eigenvalue weighted by molar-refractivity contribution is 7.85. The van der Waals surface area contributed by atoms with E-state index in [1.165, 1.54) is 0 Å². The average Bonchev–Trinajstić information content (AvgIpc) is 2.75. The lowest BCUT2D eigenvalue weighted by Gasteiger charge is -2.01. The van der Waals surface area contributed by atoms with Crippen molar-refractivity contribution in [2.75, 3.05) is 12.4 Å². The second kappa shape index (κ2) is 7.61. The first-order valence-corrected chi connectivity index (χ1v) is 9.98. The van der Waals surface area contributed by atoms with Crippen LogP contribution in [0, 0.1) is 0 Å². The van der Waals surface area contributed by atoms with Crippen LogP contribution in [0.15, 0.2) is 24.0 Å². The highest BCUT2D eigenvalue weighted by atomic mass is 35.5. The number of hydrogen-bond acceptors (Lipinski definition) is 4. The summed E-state index contributed by atoms with van der Waals surface area (Å²) in [7, 11) is -3.96. The minimum Gasteiger partial charge on any atom is -0.498 e. The Kier molecular flexibility index (Phi) is 6.02. The molecule has 0 aliphatic heterocycles. The largest absolute Gasteiger partial charge is 0.498 e. The summed E-state index contributed by atoms with van der Waals surface area (Å²) < 4.78 is 39.3. The maximum absolute atomic E-state index is 10.9. The molecule has 0 atom stereocenters. The van der Waals surface area contributed by atoms with Crippen molar-refractivity contribution in [3.05, 3.63) is 34.0 Å². The number of aryl methyl sites for hydroxylation is 1. The second-order valence-corrected chi connectivity index (χ2v) is 8.10. The zero-order valence-electron chi connectivity index (χ0n) is 13.0. The standard InChI is InChI=1S/C15H18ClNO4S2/c1-3-21-11(2)9-15-17(7-4-8-23(18,19)20)13-10-12(16)5-6-14(13)22-15/h5-6,9-10H,3-4,7-8H2,1-2H3/p+1/b11-9+. The van der Waals surface area contributed by atoms with Gasteiger partial charge in [0.05, 0.1) is 18.4 Å². The highest BCUT2D eigenvalue weighted by Crippen LogP contribution is 2.25. The average molecular weight is 377 g/mol. The van der Waals surface area contributed by atoms with Gasteiger partial charge >= 0.3 is 0 Å². The van der Waals surface area contributed by atoms with Gasteiger partial charge in [0.15, 0.2) is 6.54 Å². The van der Waals surface area contributed by atoms with Gasteiger partial charge in [-0.1, -0.05) is 22.9 Å². The highest BCUT2D eigenvalue weighted by Gasteiger charge is 2.20. The molecule has 0 amide bonds. The molecule has 0 fully saturated rings. The Labute approximate surface area is 144 Å². The van der Waals surface area contributed by atoms with E-state index in [-0.39, 0.29) is 5.75 Å². The number of thiazole rings is 1. The number of hydrogen-bond donors (Lipinski definition) is 1. The van der Waals surface area contributed by atoms with Crippen LogP contribution in [0.1, 0.15) is 25.3 Å². The summed E-state index contributed by atoms with van der Waals surface area (Å²) in [4.78, 5) is 0. The van der Waals surface area contributed by atoms with Crippen molar-refractivity contribution in [2.24, 2.45) is 0 Å². The Morgan fingerprint density at radius 1 is 1.48 bits per heavy atom. The maximum atomic E-state index is 10.9. The van der Waals surface area contributed by atoms with Crippen LogP contribution >= 0.6 is 22.9 Å². The fourth-order valence-corrected chi connectivity index (χ4v) is 4.08. The molecule has 0 bridgehead atoms. The van der Waals surface area contributed by atoms with Crippen LogP contribution in [-0.2, 0) is 21.4 Å². The molecule has 8 heteroatoms. The van der Waals surface area contributed by atoms with E-state index >= 15 is 0 Å². The zero-order chi connectivity index (χ0) is 17.0. The molecule has 0 unspecified atom stereocenters. The van der Waals surface area contributed by atoms with E-state index < -0.39 is 10.1 Å². The van der Waals surface area contributed by atoms with E-state index in [1.807, 2.05) is 42.7 Å². The SMILES string of the molecule is CCO/C(C)=C/c1sc2ccc(Cl)cc2[n+]1CCCS(=O)(=O)O. The fourth-order valence-electron chi connectivity index (χ4n) is 2.26. The summed E-state index contributed by atoms with van der Waals surface area (Å²) in [5.74, 6) is 0.513. The first-order chi connectivity index (χ1) is 10.8. The van der Waals surface area contributed by atoms with Crippen molar-refractivity contribution in [1.82, 2.24) is 0 Å². The van der Waals surface area contributed by atoms with E-state index in [9.17, 15) is 8.42 Å². The van der Waals surface area contributed by atoms with Crippen molar-refractivity contribution >= 4 is 49.3 Å². The van der Waals surface area contributed by atoms with Crippen LogP contribution in [-0.4, -0.2) is 25.3 Å². The minimum atomic E-state index is -3.96. The number of allylic oxidation sites excluding steroid dienone is 1. The quantitative estimate of drug-likeness (QED) is 0.456. The van der Waals surface area contributed by atoms with E-state index in [1.54, 1.807) is 11.3 Å². The number of aromatic nitrogens is 1. The first-order valence-electron chi connectivity index (χ1n) is 7.18. The summed E-state index contributed by atoms with van der Waals surface area (Å²) in [6, 6.07) is 5.62. The Balaban J connectivity index is 2.40. The topological polar surface area (TPSA) is 67.5 Å². The Morgan fingerprint density at radius 2 is 2.22 bits per heavy atom. The van der Waals surface area contributed by atoms with E-state index in [0.29, 0.717) is 24.6 Å². The minimum absolute atomic E-state index is 0.272. The summed E-state index contributed by atoms with van der Waals surface area (Å²) in [6.07, 6.45) is 2.24. The van der Waals surface area contributed by atoms with Crippen LogP contribution in [0.4, 0.5) is 0 Å². The third-order valence-corrected chi connectivity index (χ3v) is 5.33. The third-order valence-electron chi connectivity index (χ3n) is 3.18. The summed E-state index contributed by atoms with van der Waals surface area (Å²) in [6.45, 7) is 4.85. The zero-order valence-corrected chi connectivity index (χ0v) is 15.3. The Hall–Kier alpha value is -1.15. The lowest BCUT2D eigenvalue weighted by atomic mass is 10.3. The molecule has 1 aromatic heterocycles. The van der Waals surface area contributed by atoms with Gasteiger partial charge < -0.3 is 4.74 Å². The van der Waals surface area contributed by atoms with Crippen LogP contribution in [0.5, 0.6) is 0 Å². The molecule has 0 saturated heterocycles. The molecule has 23 heavy (non-hydrogen) atoms. The number of rotatable bonds is 7.